The standard InChI is InChI=1S/C22H23ClN4O2/c1-3-26(13-16(2)12-24)22(28)14-27-20-7-5-4-6-19(20)25-21(27)15-29-18-10-8-17(23)9-11-18/h4-11,16H,3,13-15H2,1-2H3. The fourth-order valence-electron chi connectivity index (χ4n) is 3.10. The van der Waals surface area contributed by atoms with Crippen molar-refractivity contribution in [3.63, 3.8) is 0 Å². The van der Waals surface area contributed by atoms with Crippen LogP contribution in [-0.4, -0.2) is 33.4 Å². The van der Waals surface area contributed by atoms with E-state index in [1.165, 1.54) is 0 Å². The first kappa shape index (κ1) is 20.7. The number of halogens is 1. The third-order valence-corrected chi connectivity index (χ3v) is 4.91. The van der Waals surface area contributed by atoms with Gasteiger partial charge in [0.15, 0.2) is 0 Å². The summed E-state index contributed by atoms with van der Waals surface area (Å²) in [5, 5.41) is 9.71. The number of amides is 1. The largest absolute Gasteiger partial charge is 0.486 e. The summed E-state index contributed by atoms with van der Waals surface area (Å²) >= 11 is 5.92. The molecular formula is C22H23ClN4O2. The Morgan fingerprint density at radius 3 is 2.69 bits per heavy atom. The summed E-state index contributed by atoms with van der Waals surface area (Å²) < 4.78 is 7.74. The molecular weight excluding hydrogens is 388 g/mol. The number of nitriles is 1. The van der Waals surface area contributed by atoms with Gasteiger partial charge in [0.2, 0.25) is 5.91 Å². The van der Waals surface area contributed by atoms with Crippen LogP contribution in [-0.2, 0) is 17.9 Å². The van der Waals surface area contributed by atoms with Crippen molar-refractivity contribution in [2.45, 2.75) is 27.0 Å². The molecule has 0 N–H and O–H groups in total. The minimum atomic E-state index is -0.217. The van der Waals surface area contributed by atoms with Crippen molar-refractivity contribution in [2.75, 3.05) is 13.1 Å². The molecule has 0 bridgehead atoms. The van der Waals surface area contributed by atoms with E-state index in [0.717, 1.165) is 11.0 Å². The van der Waals surface area contributed by atoms with Crippen molar-refractivity contribution in [1.29, 1.82) is 5.26 Å². The average molecular weight is 411 g/mol. The molecule has 6 nitrogen and oxygen atoms in total. The highest BCUT2D eigenvalue weighted by Gasteiger charge is 2.19. The molecule has 1 aromatic heterocycles. The van der Waals surface area contributed by atoms with Crippen molar-refractivity contribution >= 4 is 28.5 Å². The molecule has 0 aliphatic rings. The maximum Gasteiger partial charge on any atom is 0.242 e. The highest BCUT2D eigenvalue weighted by Crippen LogP contribution is 2.20. The van der Waals surface area contributed by atoms with E-state index in [2.05, 4.69) is 11.1 Å². The van der Waals surface area contributed by atoms with Crippen LogP contribution in [0.1, 0.15) is 19.7 Å². The van der Waals surface area contributed by atoms with Crippen LogP contribution in [0.4, 0.5) is 0 Å². The number of para-hydroxylation sites is 2. The lowest BCUT2D eigenvalue weighted by Gasteiger charge is -2.23. The van der Waals surface area contributed by atoms with Crippen LogP contribution < -0.4 is 4.74 Å². The Balaban J connectivity index is 1.83. The van der Waals surface area contributed by atoms with Crippen molar-refractivity contribution in [3.05, 3.63) is 59.4 Å². The third kappa shape index (κ3) is 5.07. The molecule has 2 aromatic carbocycles. The number of nitrogens with zero attached hydrogens (tertiary/aromatic N) is 4. The SMILES string of the molecule is CCN(CC(C)C#N)C(=O)Cn1c(COc2ccc(Cl)cc2)nc2ccccc21. The number of likely N-dealkylation sites (N-methyl/N-ethyl adjacent to an activating group) is 1. The van der Waals surface area contributed by atoms with Crippen LogP contribution in [0.3, 0.4) is 0 Å². The Hall–Kier alpha value is -3.04. The average Bonchev–Trinajstić information content (AvgIpc) is 3.08. The molecule has 3 rings (SSSR count). The first-order chi connectivity index (χ1) is 14.0. The van der Waals surface area contributed by atoms with Crippen LogP contribution >= 0.6 is 11.6 Å². The van der Waals surface area contributed by atoms with E-state index in [1.54, 1.807) is 29.2 Å². The summed E-state index contributed by atoms with van der Waals surface area (Å²) in [5.41, 5.74) is 1.68. The fourth-order valence-corrected chi connectivity index (χ4v) is 3.23. The molecule has 0 aliphatic carbocycles. The lowest BCUT2D eigenvalue weighted by molar-refractivity contribution is -0.132. The number of ether oxygens (including phenoxy) is 1. The molecule has 7 heteroatoms. The Morgan fingerprint density at radius 1 is 1.28 bits per heavy atom. The first-order valence-electron chi connectivity index (χ1n) is 9.51. The molecule has 1 unspecified atom stereocenters. The summed E-state index contributed by atoms with van der Waals surface area (Å²) in [6.45, 7) is 5.06. The molecule has 1 atom stereocenters. The number of imidazole rings is 1. The Labute approximate surface area is 175 Å². The van der Waals surface area contributed by atoms with Gasteiger partial charge in [-0.15, -0.1) is 0 Å². The number of carbonyl (C=O) groups excluding carboxylic acids is 1. The van der Waals surface area contributed by atoms with Crippen molar-refractivity contribution in [1.82, 2.24) is 14.5 Å². The molecule has 150 valence electrons. The quantitative estimate of drug-likeness (QED) is 0.555. The second-order valence-electron chi connectivity index (χ2n) is 6.81. The molecule has 0 radical (unpaired) electrons. The summed E-state index contributed by atoms with van der Waals surface area (Å²) in [6, 6.07) is 17.0. The van der Waals surface area contributed by atoms with Crippen LogP contribution in [0, 0.1) is 17.2 Å². The molecule has 0 fully saturated rings. The molecule has 1 heterocycles. The van der Waals surface area contributed by atoms with Gasteiger partial charge in [-0.25, -0.2) is 4.98 Å². The zero-order chi connectivity index (χ0) is 20.8. The lowest BCUT2D eigenvalue weighted by atomic mass is 10.2. The van der Waals surface area contributed by atoms with Gasteiger partial charge in [-0.05, 0) is 50.2 Å². The smallest absolute Gasteiger partial charge is 0.242 e. The first-order valence-corrected chi connectivity index (χ1v) is 9.89. The molecule has 29 heavy (non-hydrogen) atoms. The molecule has 3 aromatic rings. The topological polar surface area (TPSA) is 71.2 Å². The minimum absolute atomic E-state index is 0.0505. The maximum absolute atomic E-state index is 12.9. The van der Waals surface area contributed by atoms with Crippen molar-refractivity contribution in [3.8, 4) is 11.8 Å². The molecule has 1 amide bonds. The van der Waals surface area contributed by atoms with E-state index in [4.69, 9.17) is 21.6 Å². The van der Waals surface area contributed by atoms with E-state index < -0.39 is 0 Å². The number of hydrogen-bond acceptors (Lipinski definition) is 4. The molecule has 0 spiro atoms. The van der Waals surface area contributed by atoms with E-state index in [0.29, 0.717) is 29.7 Å². The van der Waals surface area contributed by atoms with Gasteiger partial charge in [0.1, 0.15) is 24.7 Å². The Kier molecular flexibility index (Phi) is 6.73. The fraction of sp³-hybridized carbons (Fsp3) is 0.318. The molecule has 0 saturated heterocycles. The summed E-state index contributed by atoms with van der Waals surface area (Å²) in [6.07, 6.45) is 0. The lowest BCUT2D eigenvalue weighted by Crippen LogP contribution is -2.37. The van der Waals surface area contributed by atoms with Crippen LogP contribution in [0.15, 0.2) is 48.5 Å². The van der Waals surface area contributed by atoms with E-state index in [9.17, 15) is 4.79 Å². The van der Waals surface area contributed by atoms with Gasteiger partial charge in [-0.3, -0.25) is 4.79 Å². The van der Waals surface area contributed by atoms with E-state index in [1.807, 2.05) is 42.7 Å². The number of rotatable bonds is 8. The second-order valence-corrected chi connectivity index (χ2v) is 7.24. The van der Waals surface area contributed by atoms with Crippen molar-refractivity contribution in [2.24, 2.45) is 5.92 Å². The predicted octanol–water partition coefficient (Wildman–Crippen LogP) is 4.28. The second kappa shape index (κ2) is 9.44. The zero-order valence-corrected chi connectivity index (χ0v) is 17.3. The highest BCUT2D eigenvalue weighted by molar-refractivity contribution is 6.30. The third-order valence-electron chi connectivity index (χ3n) is 4.66. The number of carbonyl (C=O) groups is 1. The predicted molar refractivity (Wildman–Crippen MR) is 113 cm³/mol. The van der Waals surface area contributed by atoms with Gasteiger partial charge in [0.05, 0.1) is 23.0 Å². The van der Waals surface area contributed by atoms with Gasteiger partial charge in [0, 0.05) is 18.1 Å². The Morgan fingerprint density at radius 2 is 2.00 bits per heavy atom. The van der Waals surface area contributed by atoms with Crippen LogP contribution in [0.25, 0.3) is 11.0 Å². The highest BCUT2D eigenvalue weighted by atomic mass is 35.5. The summed E-state index contributed by atoms with van der Waals surface area (Å²) in [4.78, 5) is 19.3. The number of benzene rings is 2. The number of hydrogen-bond donors (Lipinski definition) is 0. The van der Waals surface area contributed by atoms with Gasteiger partial charge in [0.25, 0.3) is 0 Å². The summed E-state index contributed by atoms with van der Waals surface area (Å²) in [5.74, 6) is 1.08. The maximum atomic E-state index is 12.9. The van der Waals surface area contributed by atoms with Crippen LogP contribution in [0.2, 0.25) is 5.02 Å². The van der Waals surface area contributed by atoms with Crippen molar-refractivity contribution < 1.29 is 9.53 Å². The Bertz CT molecular complexity index is 1020. The summed E-state index contributed by atoms with van der Waals surface area (Å²) in [7, 11) is 0. The molecule has 0 aliphatic heterocycles. The van der Waals surface area contributed by atoms with Gasteiger partial charge in [-0.1, -0.05) is 23.7 Å². The number of fused-ring (bicyclic) bond motifs is 1. The van der Waals surface area contributed by atoms with Gasteiger partial charge >= 0.3 is 0 Å². The van der Waals surface area contributed by atoms with E-state index in [-0.39, 0.29) is 25.0 Å². The minimum Gasteiger partial charge on any atom is -0.486 e. The van der Waals surface area contributed by atoms with Crippen LogP contribution in [0.5, 0.6) is 5.75 Å². The van der Waals surface area contributed by atoms with E-state index >= 15 is 0 Å². The number of aromatic nitrogens is 2. The molecule has 0 saturated carbocycles. The normalized spacial score (nSPS) is 11.8. The van der Waals surface area contributed by atoms with Gasteiger partial charge in [-0.2, -0.15) is 5.26 Å². The van der Waals surface area contributed by atoms with Gasteiger partial charge < -0.3 is 14.2 Å². The monoisotopic (exact) mass is 410 g/mol. The zero-order valence-electron chi connectivity index (χ0n) is 16.5.